The van der Waals surface area contributed by atoms with Crippen molar-refractivity contribution in [1.29, 1.82) is 0 Å². The number of benzene rings is 1. The summed E-state index contributed by atoms with van der Waals surface area (Å²) in [5, 5.41) is 3.29. The molecule has 1 N–H and O–H groups in total. The van der Waals surface area contributed by atoms with E-state index in [9.17, 15) is 0 Å². The minimum absolute atomic E-state index is 0.0332. The molecule has 4 heteroatoms. The summed E-state index contributed by atoms with van der Waals surface area (Å²) in [6.45, 7) is 2.46. The fraction of sp³-hybridized carbons (Fsp3) is 0.333. The molecule has 0 spiro atoms. The highest BCUT2D eigenvalue weighted by Crippen LogP contribution is 2.18. The highest BCUT2D eigenvalue weighted by Gasteiger charge is 2.17. The zero-order chi connectivity index (χ0) is 10.8. The number of rotatable bonds is 1. The van der Waals surface area contributed by atoms with Gasteiger partial charge in [0.15, 0.2) is 0 Å². The highest BCUT2D eigenvalue weighted by atomic mass is 16.5. The lowest BCUT2D eigenvalue weighted by molar-refractivity contribution is 0.0250. The first-order valence-corrected chi connectivity index (χ1v) is 5.47. The Morgan fingerprint density at radius 2 is 2.12 bits per heavy atom. The maximum Gasteiger partial charge on any atom is 0.113 e. The Hall–Kier alpha value is -1.52. The molecule has 0 radical (unpaired) electrons. The minimum Gasteiger partial charge on any atom is -0.369 e. The molecule has 82 valence electrons. The molecule has 1 unspecified atom stereocenters. The van der Waals surface area contributed by atoms with Gasteiger partial charge in [-0.1, -0.05) is 12.1 Å². The third-order valence-electron chi connectivity index (χ3n) is 2.72. The molecule has 1 aliphatic heterocycles. The fourth-order valence-corrected chi connectivity index (χ4v) is 1.88. The second-order valence-corrected chi connectivity index (χ2v) is 3.85. The monoisotopic (exact) mass is 215 g/mol. The second kappa shape index (κ2) is 4.15. The van der Waals surface area contributed by atoms with Gasteiger partial charge in [-0.25, -0.2) is 4.98 Å². The predicted octanol–water partition coefficient (Wildman–Crippen LogP) is 1.29. The first kappa shape index (κ1) is 9.69. The molecule has 0 aliphatic carbocycles. The normalized spacial score (nSPS) is 21.1. The van der Waals surface area contributed by atoms with Crippen molar-refractivity contribution in [3.05, 3.63) is 36.2 Å². The number of aromatic nitrogens is 2. The van der Waals surface area contributed by atoms with Gasteiger partial charge in [-0.3, -0.25) is 4.98 Å². The molecule has 2 heterocycles. The number of ether oxygens (including phenoxy) is 1. The van der Waals surface area contributed by atoms with E-state index in [-0.39, 0.29) is 6.10 Å². The zero-order valence-corrected chi connectivity index (χ0v) is 8.89. The summed E-state index contributed by atoms with van der Waals surface area (Å²) in [5.41, 5.74) is 2.76. The van der Waals surface area contributed by atoms with Gasteiger partial charge in [-0.05, 0) is 12.1 Å². The Balaban J connectivity index is 1.97. The van der Waals surface area contributed by atoms with Crippen LogP contribution in [0, 0.1) is 0 Å². The number of hydrogen-bond acceptors (Lipinski definition) is 4. The van der Waals surface area contributed by atoms with E-state index in [0.717, 1.165) is 36.4 Å². The van der Waals surface area contributed by atoms with Crippen molar-refractivity contribution in [3.63, 3.8) is 0 Å². The van der Waals surface area contributed by atoms with Crippen LogP contribution in [0.1, 0.15) is 11.8 Å². The van der Waals surface area contributed by atoms with E-state index in [1.807, 2.05) is 24.3 Å². The van der Waals surface area contributed by atoms with Gasteiger partial charge >= 0.3 is 0 Å². The molecule has 1 aliphatic rings. The Bertz CT molecular complexity index is 494. The average Bonchev–Trinajstić information content (AvgIpc) is 2.39. The SMILES string of the molecule is c1ccc2nc(C3CNCCO3)cnc2c1. The van der Waals surface area contributed by atoms with E-state index in [1.165, 1.54) is 0 Å². The molecule has 1 saturated heterocycles. The summed E-state index contributed by atoms with van der Waals surface area (Å²) in [5.74, 6) is 0. The van der Waals surface area contributed by atoms with Crippen LogP contribution in [0.15, 0.2) is 30.5 Å². The lowest BCUT2D eigenvalue weighted by atomic mass is 10.2. The van der Waals surface area contributed by atoms with Gasteiger partial charge in [0.1, 0.15) is 6.10 Å². The quantitative estimate of drug-likeness (QED) is 0.778. The summed E-state index contributed by atoms with van der Waals surface area (Å²) in [6.07, 6.45) is 1.84. The van der Waals surface area contributed by atoms with Crippen LogP contribution in [0.3, 0.4) is 0 Å². The van der Waals surface area contributed by atoms with Gasteiger partial charge in [-0.2, -0.15) is 0 Å². The van der Waals surface area contributed by atoms with Crippen LogP contribution >= 0.6 is 0 Å². The van der Waals surface area contributed by atoms with Gasteiger partial charge in [0.25, 0.3) is 0 Å². The molecule has 16 heavy (non-hydrogen) atoms. The molecule has 0 saturated carbocycles. The molecule has 3 rings (SSSR count). The molecule has 1 atom stereocenters. The molecule has 1 aromatic carbocycles. The number of nitrogens with zero attached hydrogens (tertiary/aromatic N) is 2. The van der Waals surface area contributed by atoms with E-state index in [0.29, 0.717) is 0 Å². The molecular weight excluding hydrogens is 202 g/mol. The molecule has 1 fully saturated rings. The predicted molar refractivity (Wildman–Crippen MR) is 61.1 cm³/mol. The Morgan fingerprint density at radius 1 is 1.25 bits per heavy atom. The Labute approximate surface area is 93.7 Å². The van der Waals surface area contributed by atoms with Crippen molar-refractivity contribution < 1.29 is 4.74 Å². The number of nitrogens with one attached hydrogen (secondary N) is 1. The van der Waals surface area contributed by atoms with Crippen molar-refractivity contribution in [3.8, 4) is 0 Å². The molecule has 0 amide bonds. The minimum atomic E-state index is 0.0332. The second-order valence-electron chi connectivity index (χ2n) is 3.85. The van der Waals surface area contributed by atoms with E-state index in [4.69, 9.17) is 4.74 Å². The topological polar surface area (TPSA) is 47.0 Å². The summed E-state index contributed by atoms with van der Waals surface area (Å²) in [7, 11) is 0. The maximum absolute atomic E-state index is 5.65. The molecule has 2 aromatic rings. The lowest BCUT2D eigenvalue weighted by Gasteiger charge is -2.22. The third kappa shape index (κ3) is 1.77. The van der Waals surface area contributed by atoms with Crippen LogP contribution in [0.25, 0.3) is 11.0 Å². The smallest absolute Gasteiger partial charge is 0.113 e. The first-order valence-electron chi connectivity index (χ1n) is 5.47. The van der Waals surface area contributed by atoms with Gasteiger partial charge < -0.3 is 10.1 Å². The van der Waals surface area contributed by atoms with Crippen molar-refractivity contribution in [2.45, 2.75) is 6.10 Å². The van der Waals surface area contributed by atoms with Crippen molar-refractivity contribution in [2.24, 2.45) is 0 Å². The molecule has 1 aromatic heterocycles. The summed E-state index contributed by atoms with van der Waals surface area (Å²) >= 11 is 0. The van der Waals surface area contributed by atoms with Crippen LogP contribution in [0.4, 0.5) is 0 Å². The number of morpholine rings is 1. The third-order valence-corrected chi connectivity index (χ3v) is 2.72. The highest BCUT2D eigenvalue weighted by molar-refractivity contribution is 5.73. The van der Waals surface area contributed by atoms with Gasteiger partial charge in [0.05, 0.1) is 29.5 Å². The summed E-state index contributed by atoms with van der Waals surface area (Å²) in [4.78, 5) is 8.96. The van der Waals surface area contributed by atoms with Crippen molar-refractivity contribution in [2.75, 3.05) is 19.7 Å². The van der Waals surface area contributed by atoms with Gasteiger partial charge in [-0.15, -0.1) is 0 Å². The van der Waals surface area contributed by atoms with Crippen LogP contribution in [0.5, 0.6) is 0 Å². The van der Waals surface area contributed by atoms with Crippen molar-refractivity contribution in [1.82, 2.24) is 15.3 Å². The number of fused-ring (bicyclic) bond motifs is 1. The summed E-state index contributed by atoms with van der Waals surface area (Å²) < 4.78 is 5.65. The van der Waals surface area contributed by atoms with Crippen LogP contribution in [0.2, 0.25) is 0 Å². The van der Waals surface area contributed by atoms with E-state index < -0.39 is 0 Å². The van der Waals surface area contributed by atoms with E-state index >= 15 is 0 Å². The van der Waals surface area contributed by atoms with Crippen LogP contribution < -0.4 is 5.32 Å². The number of para-hydroxylation sites is 2. The van der Waals surface area contributed by atoms with E-state index in [2.05, 4.69) is 15.3 Å². The zero-order valence-electron chi connectivity index (χ0n) is 8.89. The maximum atomic E-state index is 5.65. The lowest BCUT2D eigenvalue weighted by Crippen LogP contribution is -2.33. The van der Waals surface area contributed by atoms with Crippen LogP contribution in [-0.4, -0.2) is 29.7 Å². The van der Waals surface area contributed by atoms with Gasteiger partial charge in [0, 0.05) is 13.1 Å². The fourth-order valence-electron chi connectivity index (χ4n) is 1.88. The van der Waals surface area contributed by atoms with Gasteiger partial charge in [0.2, 0.25) is 0 Å². The molecule has 4 nitrogen and oxygen atoms in total. The molecular formula is C12H13N3O. The number of hydrogen-bond donors (Lipinski definition) is 1. The first-order chi connectivity index (χ1) is 7.93. The Kier molecular flexibility index (Phi) is 2.52. The van der Waals surface area contributed by atoms with Crippen LogP contribution in [-0.2, 0) is 4.74 Å². The summed E-state index contributed by atoms with van der Waals surface area (Å²) in [6, 6.07) is 7.88. The molecule has 0 bridgehead atoms. The average molecular weight is 215 g/mol. The Morgan fingerprint density at radius 3 is 2.94 bits per heavy atom. The standard InChI is InChI=1S/C12H13N3O/c1-2-4-10-9(3-1)14-7-11(15-10)12-8-13-5-6-16-12/h1-4,7,12-13H,5-6,8H2. The largest absolute Gasteiger partial charge is 0.369 e. The van der Waals surface area contributed by atoms with Crippen molar-refractivity contribution >= 4 is 11.0 Å². The van der Waals surface area contributed by atoms with E-state index in [1.54, 1.807) is 6.20 Å².